The summed E-state index contributed by atoms with van der Waals surface area (Å²) in [6.07, 6.45) is 11.7. The van der Waals surface area contributed by atoms with E-state index in [1.54, 1.807) is 6.20 Å². The third kappa shape index (κ3) is 2.97. The zero-order valence-corrected chi connectivity index (χ0v) is 12.3. The van der Waals surface area contributed by atoms with Gasteiger partial charge in [0.05, 0.1) is 6.20 Å². The normalized spacial score (nSPS) is 25.7. The van der Waals surface area contributed by atoms with Gasteiger partial charge in [-0.3, -0.25) is 0 Å². The van der Waals surface area contributed by atoms with Crippen LogP contribution in [-0.2, 0) is 0 Å². The van der Waals surface area contributed by atoms with Crippen LogP contribution >= 0.6 is 0 Å². The fourth-order valence-corrected chi connectivity index (χ4v) is 3.71. The minimum Gasteiger partial charge on any atom is -0.444 e. The molecule has 4 rings (SSSR count). The molecule has 2 aromatic rings. The summed E-state index contributed by atoms with van der Waals surface area (Å²) >= 11 is 0. The van der Waals surface area contributed by atoms with Crippen molar-refractivity contribution in [1.29, 1.82) is 0 Å². The highest BCUT2D eigenvalue weighted by molar-refractivity contribution is 5.63. The van der Waals surface area contributed by atoms with E-state index in [9.17, 15) is 0 Å². The number of nitrogens with zero attached hydrogens (tertiary/aromatic N) is 1. The molecule has 1 N–H and O–H groups in total. The van der Waals surface area contributed by atoms with Gasteiger partial charge in [-0.05, 0) is 49.7 Å². The van der Waals surface area contributed by atoms with Gasteiger partial charge in [0.15, 0.2) is 12.2 Å². The summed E-state index contributed by atoms with van der Waals surface area (Å²) < 4.78 is 5.38. The van der Waals surface area contributed by atoms with Crippen LogP contribution in [0.5, 0.6) is 0 Å². The SMILES string of the molecule is c1cc(NC2CCCC(C3CC3)C2)cc(-c2cnco2)c1. The Morgan fingerprint density at radius 2 is 2.05 bits per heavy atom. The molecule has 0 radical (unpaired) electrons. The summed E-state index contributed by atoms with van der Waals surface area (Å²) in [5.74, 6) is 2.84. The summed E-state index contributed by atoms with van der Waals surface area (Å²) in [4.78, 5) is 3.99. The number of hydrogen-bond acceptors (Lipinski definition) is 3. The van der Waals surface area contributed by atoms with Crippen molar-refractivity contribution in [3.63, 3.8) is 0 Å². The third-order valence-electron chi connectivity index (χ3n) is 4.95. The van der Waals surface area contributed by atoms with E-state index in [1.807, 2.05) is 0 Å². The highest BCUT2D eigenvalue weighted by Crippen LogP contribution is 2.44. The maximum atomic E-state index is 5.38. The summed E-state index contributed by atoms with van der Waals surface area (Å²) in [6, 6.07) is 9.11. The topological polar surface area (TPSA) is 38.1 Å². The maximum Gasteiger partial charge on any atom is 0.181 e. The predicted molar refractivity (Wildman–Crippen MR) is 84.0 cm³/mol. The monoisotopic (exact) mass is 282 g/mol. The van der Waals surface area contributed by atoms with Crippen molar-refractivity contribution in [3.8, 4) is 11.3 Å². The van der Waals surface area contributed by atoms with Gasteiger partial charge in [-0.25, -0.2) is 4.98 Å². The molecule has 2 atom stereocenters. The lowest BCUT2D eigenvalue weighted by Gasteiger charge is -2.30. The molecule has 2 unspecified atom stereocenters. The van der Waals surface area contributed by atoms with Gasteiger partial charge < -0.3 is 9.73 Å². The number of benzene rings is 1. The molecular formula is C18H22N2O. The molecular weight excluding hydrogens is 260 g/mol. The highest BCUT2D eigenvalue weighted by Gasteiger charge is 2.34. The zero-order valence-electron chi connectivity index (χ0n) is 12.3. The molecule has 0 bridgehead atoms. The van der Waals surface area contributed by atoms with Gasteiger partial charge in [-0.2, -0.15) is 0 Å². The van der Waals surface area contributed by atoms with E-state index in [-0.39, 0.29) is 0 Å². The summed E-state index contributed by atoms with van der Waals surface area (Å²) in [5, 5.41) is 3.73. The maximum absolute atomic E-state index is 5.38. The van der Waals surface area contributed by atoms with Crippen LogP contribution in [0.1, 0.15) is 38.5 Å². The lowest BCUT2D eigenvalue weighted by molar-refractivity contribution is 0.303. The lowest BCUT2D eigenvalue weighted by atomic mass is 9.82. The van der Waals surface area contributed by atoms with Gasteiger partial charge in [0.2, 0.25) is 0 Å². The van der Waals surface area contributed by atoms with Crippen molar-refractivity contribution in [2.75, 3.05) is 5.32 Å². The van der Waals surface area contributed by atoms with Gasteiger partial charge in [0.25, 0.3) is 0 Å². The van der Waals surface area contributed by atoms with Crippen LogP contribution in [0.3, 0.4) is 0 Å². The van der Waals surface area contributed by atoms with Crippen molar-refractivity contribution in [2.24, 2.45) is 11.8 Å². The van der Waals surface area contributed by atoms with Crippen LogP contribution in [0, 0.1) is 11.8 Å². The summed E-state index contributed by atoms with van der Waals surface area (Å²) in [5.41, 5.74) is 2.29. The molecule has 1 heterocycles. The van der Waals surface area contributed by atoms with Gasteiger partial charge >= 0.3 is 0 Å². The summed E-state index contributed by atoms with van der Waals surface area (Å²) in [7, 11) is 0. The van der Waals surface area contributed by atoms with E-state index in [2.05, 4.69) is 34.6 Å². The summed E-state index contributed by atoms with van der Waals surface area (Å²) in [6.45, 7) is 0. The Kier molecular flexibility index (Phi) is 3.42. The molecule has 3 nitrogen and oxygen atoms in total. The lowest BCUT2D eigenvalue weighted by Crippen LogP contribution is -2.28. The first-order valence-electron chi connectivity index (χ1n) is 8.14. The Morgan fingerprint density at radius 1 is 1.10 bits per heavy atom. The first-order chi connectivity index (χ1) is 10.4. The fraction of sp³-hybridized carbons (Fsp3) is 0.500. The van der Waals surface area contributed by atoms with Crippen molar-refractivity contribution < 1.29 is 4.42 Å². The minimum absolute atomic E-state index is 0.634. The van der Waals surface area contributed by atoms with E-state index in [4.69, 9.17) is 4.42 Å². The number of anilines is 1. The van der Waals surface area contributed by atoms with Gasteiger partial charge in [-0.1, -0.05) is 25.0 Å². The molecule has 2 aliphatic carbocycles. The van der Waals surface area contributed by atoms with Gasteiger partial charge in [0.1, 0.15) is 0 Å². The Bertz CT molecular complexity index is 589. The second-order valence-corrected chi connectivity index (χ2v) is 6.55. The van der Waals surface area contributed by atoms with Crippen molar-refractivity contribution >= 4 is 5.69 Å². The smallest absolute Gasteiger partial charge is 0.181 e. The standard InChI is InChI=1S/C18H22N2O/c1-3-14(13-7-8-13)9-16(5-1)20-17-6-2-4-15(10-17)18-11-19-12-21-18/h2,4,6,10-14,16,20H,1,3,5,7-9H2. The van der Waals surface area contributed by atoms with E-state index in [0.29, 0.717) is 6.04 Å². The molecule has 2 aliphatic rings. The number of aromatic nitrogens is 1. The second-order valence-electron chi connectivity index (χ2n) is 6.55. The molecule has 110 valence electrons. The Morgan fingerprint density at radius 3 is 2.86 bits per heavy atom. The van der Waals surface area contributed by atoms with Crippen LogP contribution in [0.4, 0.5) is 5.69 Å². The van der Waals surface area contributed by atoms with Crippen molar-refractivity contribution in [1.82, 2.24) is 4.98 Å². The molecule has 0 aliphatic heterocycles. The predicted octanol–water partition coefficient (Wildman–Crippen LogP) is 4.72. The molecule has 1 aromatic carbocycles. The van der Waals surface area contributed by atoms with Crippen LogP contribution in [-0.4, -0.2) is 11.0 Å². The van der Waals surface area contributed by atoms with E-state index >= 15 is 0 Å². The third-order valence-corrected chi connectivity index (χ3v) is 4.95. The van der Waals surface area contributed by atoms with Crippen LogP contribution < -0.4 is 5.32 Å². The number of oxazole rings is 1. The molecule has 0 amide bonds. The Labute approximate surface area is 125 Å². The zero-order chi connectivity index (χ0) is 14.1. The Balaban J connectivity index is 1.45. The molecule has 2 fully saturated rings. The van der Waals surface area contributed by atoms with Gasteiger partial charge in [0, 0.05) is 17.3 Å². The average molecular weight is 282 g/mol. The fourth-order valence-electron chi connectivity index (χ4n) is 3.71. The van der Waals surface area contributed by atoms with E-state index in [1.165, 1.54) is 50.6 Å². The van der Waals surface area contributed by atoms with Crippen LogP contribution in [0.15, 0.2) is 41.3 Å². The Hall–Kier alpha value is -1.77. The minimum atomic E-state index is 0.634. The van der Waals surface area contributed by atoms with E-state index in [0.717, 1.165) is 23.2 Å². The number of nitrogens with one attached hydrogen (secondary N) is 1. The number of hydrogen-bond donors (Lipinski definition) is 1. The number of rotatable bonds is 4. The molecule has 2 saturated carbocycles. The van der Waals surface area contributed by atoms with Crippen LogP contribution in [0.2, 0.25) is 0 Å². The largest absolute Gasteiger partial charge is 0.444 e. The quantitative estimate of drug-likeness (QED) is 0.881. The molecule has 0 saturated heterocycles. The second kappa shape index (κ2) is 5.55. The average Bonchev–Trinajstić information content (AvgIpc) is 3.23. The molecule has 3 heteroatoms. The molecule has 0 spiro atoms. The van der Waals surface area contributed by atoms with E-state index < -0.39 is 0 Å². The van der Waals surface area contributed by atoms with Gasteiger partial charge in [-0.15, -0.1) is 0 Å². The molecule has 1 aromatic heterocycles. The molecule has 21 heavy (non-hydrogen) atoms. The first kappa shape index (κ1) is 12.9. The van der Waals surface area contributed by atoms with Crippen molar-refractivity contribution in [2.45, 2.75) is 44.6 Å². The first-order valence-corrected chi connectivity index (χ1v) is 8.14. The van der Waals surface area contributed by atoms with Crippen LogP contribution in [0.25, 0.3) is 11.3 Å². The van der Waals surface area contributed by atoms with Crippen molar-refractivity contribution in [3.05, 3.63) is 36.9 Å². The highest BCUT2D eigenvalue weighted by atomic mass is 16.3.